The Morgan fingerprint density at radius 2 is 1.97 bits per heavy atom. The van der Waals surface area contributed by atoms with Gasteiger partial charge in [0.15, 0.2) is 5.79 Å². The molecule has 0 amide bonds. The molecule has 9 heteroatoms. The first-order valence-corrected chi connectivity index (χ1v) is 12.3. The topological polar surface area (TPSA) is 143 Å². The van der Waals surface area contributed by atoms with Crippen LogP contribution in [0.1, 0.15) is 47.5 Å². The molecule has 2 bridgehead atoms. The molecule has 3 aliphatic carbocycles. The maximum absolute atomic E-state index is 13.2. The van der Waals surface area contributed by atoms with Crippen LogP contribution in [0.3, 0.4) is 0 Å². The maximum atomic E-state index is 13.2. The fourth-order valence-corrected chi connectivity index (χ4v) is 8.30. The zero-order valence-electron chi connectivity index (χ0n) is 20.3. The Morgan fingerprint density at radius 3 is 2.62 bits per heavy atom. The Balaban J connectivity index is 1.69. The van der Waals surface area contributed by atoms with Crippen molar-refractivity contribution in [1.82, 2.24) is 0 Å². The van der Waals surface area contributed by atoms with E-state index in [1.807, 2.05) is 13.8 Å². The lowest BCUT2D eigenvalue weighted by molar-refractivity contribution is -0.345. The highest BCUT2D eigenvalue weighted by Gasteiger charge is 2.83. The summed E-state index contributed by atoms with van der Waals surface area (Å²) in [5, 5.41) is 45.2. The quantitative estimate of drug-likeness (QED) is 0.336. The van der Waals surface area contributed by atoms with Crippen LogP contribution < -0.4 is 0 Å². The van der Waals surface area contributed by atoms with E-state index in [-0.39, 0.29) is 12.5 Å². The van der Waals surface area contributed by atoms with Gasteiger partial charge in [0.05, 0.1) is 24.7 Å². The van der Waals surface area contributed by atoms with Gasteiger partial charge in [-0.05, 0) is 31.6 Å². The van der Waals surface area contributed by atoms with Gasteiger partial charge in [-0.1, -0.05) is 39.3 Å². The first-order chi connectivity index (χ1) is 15.8. The first kappa shape index (κ1) is 24.2. The summed E-state index contributed by atoms with van der Waals surface area (Å²) >= 11 is 0. The molecule has 5 rings (SSSR count). The molecule has 5 aliphatic rings. The van der Waals surface area contributed by atoms with Crippen molar-refractivity contribution < 1.29 is 44.2 Å². The van der Waals surface area contributed by atoms with Crippen LogP contribution in [0.4, 0.5) is 0 Å². The Kier molecular flexibility index (Phi) is 5.33. The van der Waals surface area contributed by atoms with Crippen molar-refractivity contribution >= 4 is 11.9 Å². The van der Waals surface area contributed by atoms with Crippen LogP contribution in [0.25, 0.3) is 0 Å². The molecule has 0 aromatic carbocycles. The third-order valence-corrected chi connectivity index (χ3v) is 10.1. The number of aliphatic hydroxyl groups excluding tert-OH is 3. The Hall–Kier alpha value is -1.52. The number of rotatable bonds is 3. The molecule has 190 valence electrons. The summed E-state index contributed by atoms with van der Waals surface area (Å²) in [4.78, 5) is 26.0. The zero-order valence-corrected chi connectivity index (χ0v) is 20.3. The SMILES string of the molecule is CCC(C)C(=O)O[C@H]1C(=O)O[C@@H]2C[C@H]3C(C)=C[C@H](O)[C@@H](O)[C@]3(C)[C@H]3[C@@]4(O)OC[C@]32[C@@H]1[C@@H](C)[C@H]4O. The Bertz CT molecular complexity index is 933. The predicted octanol–water partition coefficient (Wildman–Crippen LogP) is 0.526. The number of esters is 2. The number of fused-ring (bicyclic) bond motifs is 1. The van der Waals surface area contributed by atoms with Crippen molar-refractivity contribution in [2.75, 3.05) is 6.61 Å². The highest BCUT2D eigenvalue weighted by Crippen LogP contribution is 2.74. The number of hydrogen-bond donors (Lipinski definition) is 4. The standard InChI is InChI=1S/C25H36O9/c1-6-10(2)20(29)34-17-16-12(4)18(27)25(31)22-23(5)13(11(3)7-14(26)19(23)28)8-15(33-21(17)30)24(16,22)9-32-25/h7,10,12-19,22,26-28,31H,6,8-9H2,1-5H3/t10?,12-,13+,14+,15-,16-,17-,18-,19-,22-,23-,24+,25+/m1/s1. The minimum Gasteiger partial charge on any atom is -0.459 e. The zero-order chi connectivity index (χ0) is 25.0. The lowest BCUT2D eigenvalue weighted by Gasteiger charge is -2.68. The summed E-state index contributed by atoms with van der Waals surface area (Å²) < 4.78 is 17.7. The van der Waals surface area contributed by atoms with E-state index >= 15 is 0 Å². The second kappa shape index (κ2) is 7.49. The summed E-state index contributed by atoms with van der Waals surface area (Å²) in [5.74, 6) is -6.17. The highest BCUT2D eigenvalue weighted by molar-refractivity contribution is 5.82. The van der Waals surface area contributed by atoms with E-state index in [9.17, 15) is 30.0 Å². The van der Waals surface area contributed by atoms with Gasteiger partial charge in [0.2, 0.25) is 6.10 Å². The lowest BCUT2D eigenvalue weighted by atomic mass is 9.38. The van der Waals surface area contributed by atoms with Crippen molar-refractivity contribution in [2.45, 2.75) is 83.8 Å². The normalized spacial score (nSPS) is 54.3. The lowest BCUT2D eigenvalue weighted by Crippen LogP contribution is -2.78. The largest absolute Gasteiger partial charge is 0.459 e. The molecule has 34 heavy (non-hydrogen) atoms. The number of allylic oxidation sites excluding steroid dienone is 1. The van der Waals surface area contributed by atoms with Crippen molar-refractivity contribution in [3.05, 3.63) is 11.6 Å². The van der Waals surface area contributed by atoms with Crippen molar-refractivity contribution in [1.29, 1.82) is 0 Å². The molecule has 0 aromatic heterocycles. The van der Waals surface area contributed by atoms with E-state index in [2.05, 4.69) is 0 Å². The van der Waals surface area contributed by atoms with E-state index in [1.165, 1.54) is 0 Å². The van der Waals surface area contributed by atoms with E-state index in [4.69, 9.17) is 14.2 Å². The minimum absolute atomic E-state index is 0.0244. The van der Waals surface area contributed by atoms with Crippen molar-refractivity contribution in [2.24, 2.45) is 40.4 Å². The van der Waals surface area contributed by atoms with Crippen LogP contribution in [-0.2, 0) is 23.8 Å². The number of carbonyl (C=O) groups excluding carboxylic acids is 2. The smallest absolute Gasteiger partial charge is 0.348 e. The van der Waals surface area contributed by atoms with Crippen molar-refractivity contribution in [3.63, 3.8) is 0 Å². The van der Waals surface area contributed by atoms with Crippen molar-refractivity contribution in [3.8, 4) is 0 Å². The molecule has 2 saturated carbocycles. The molecule has 4 N–H and O–H groups in total. The number of aliphatic hydroxyl groups is 4. The van der Waals surface area contributed by atoms with Gasteiger partial charge in [0, 0.05) is 22.7 Å². The van der Waals surface area contributed by atoms with Gasteiger partial charge in [-0.25, -0.2) is 4.79 Å². The third kappa shape index (κ3) is 2.68. The number of hydrogen-bond acceptors (Lipinski definition) is 9. The molecule has 0 aromatic rings. The van der Waals surface area contributed by atoms with E-state index in [0.717, 1.165) is 5.57 Å². The van der Waals surface area contributed by atoms with Gasteiger partial charge in [-0.15, -0.1) is 0 Å². The molecule has 13 atom stereocenters. The summed E-state index contributed by atoms with van der Waals surface area (Å²) in [6.45, 7) is 8.92. The fraction of sp³-hybridized carbons (Fsp3) is 0.840. The Labute approximate surface area is 199 Å². The predicted molar refractivity (Wildman–Crippen MR) is 117 cm³/mol. The van der Waals surface area contributed by atoms with Gasteiger partial charge in [0.25, 0.3) is 0 Å². The summed E-state index contributed by atoms with van der Waals surface area (Å²) in [6.07, 6.45) is -3.22. The van der Waals surface area contributed by atoms with Gasteiger partial charge in [-0.3, -0.25) is 4.79 Å². The van der Waals surface area contributed by atoms with Crippen LogP contribution in [0, 0.1) is 40.4 Å². The minimum atomic E-state index is -2.02. The summed E-state index contributed by atoms with van der Waals surface area (Å²) in [6, 6.07) is 0. The van der Waals surface area contributed by atoms with Crippen LogP contribution in [-0.4, -0.2) is 75.3 Å². The molecule has 4 fully saturated rings. The average molecular weight is 481 g/mol. The van der Waals surface area contributed by atoms with Crippen LogP contribution in [0.2, 0.25) is 0 Å². The van der Waals surface area contributed by atoms with Crippen LogP contribution in [0.15, 0.2) is 11.6 Å². The Morgan fingerprint density at radius 1 is 1.29 bits per heavy atom. The monoisotopic (exact) mass is 480 g/mol. The molecule has 1 spiro atoms. The molecular formula is C25H36O9. The van der Waals surface area contributed by atoms with E-state index in [0.29, 0.717) is 12.8 Å². The third-order valence-electron chi connectivity index (χ3n) is 10.1. The molecule has 0 radical (unpaired) electrons. The van der Waals surface area contributed by atoms with Gasteiger partial charge in [0.1, 0.15) is 12.2 Å². The van der Waals surface area contributed by atoms with Crippen LogP contribution in [0.5, 0.6) is 0 Å². The van der Waals surface area contributed by atoms with E-state index < -0.39 is 82.7 Å². The summed E-state index contributed by atoms with van der Waals surface area (Å²) in [5.41, 5.74) is -1.27. The molecule has 1 unspecified atom stereocenters. The highest BCUT2D eigenvalue weighted by atomic mass is 16.7. The number of carbonyl (C=O) groups is 2. The second-order valence-electron chi connectivity index (χ2n) is 11.5. The summed E-state index contributed by atoms with van der Waals surface area (Å²) in [7, 11) is 0. The van der Waals surface area contributed by atoms with Gasteiger partial charge < -0.3 is 34.6 Å². The van der Waals surface area contributed by atoms with Crippen LogP contribution >= 0.6 is 0 Å². The molecule has 2 saturated heterocycles. The fourth-order valence-electron chi connectivity index (χ4n) is 8.30. The first-order valence-electron chi connectivity index (χ1n) is 12.3. The van der Waals surface area contributed by atoms with Gasteiger partial charge in [-0.2, -0.15) is 0 Å². The molecule has 2 heterocycles. The molecular weight excluding hydrogens is 444 g/mol. The van der Waals surface area contributed by atoms with Gasteiger partial charge >= 0.3 is 11.9 Å². The molecule has 2 aliphatic heterocycles. The maximum Gasteiger partial charge on any atom is 0.348 e. The average Bonchev–Trinajstić information content (AvgIpc) is 3.08. The molecule has 9 nitrogen and oxygen atoms in total. The van der Waals surface area contributed by atoms with E-state index in [1.54, 1.807) is 26.8 Å². The second-order valence-corrected chi connectivity index (χ2v) is 11.5. The number of ether oxygens (including phenoxy) is 3.